The van der Waals surface area contributed by atoms with Crippen molar-refractivity contribution in [2.45, 2.75) is 18.9 Å². The van der Waals surface area contributed by atoms with E-state index in [2.05, 4.69) is 5.32 Å². The molecule has 1 heterocycles. The molecule has 13 heavy (non-hydrogen) atoms. The van der Waals surface area contributed by atoms with E-state index in [-0.39, 0.29) is 11.9 Å². The molecule has 0 bridgehead atoms. The lowest BCUT2D eigenvalue weighted by atomic mass is 10.0. The summed E-state index contributed by atoms with van der Waals surface area (Å²) in [7, 11) is 0. The molecule has 0 aromatic heterocycles. The van der Waals surface area contributed by atoms with Crippen molar-refractivity contribution in [3.8, 4) is 0 Å². The normalized spacial score (nSPS) is 21.6. The summed E-state index contributed by atoms with van der Waals surface area (Å²) in [5, 5.41) is 2.83. The molecule has 0 saturated carbocycles. The Bertz CT molecular complexity index is 335. The van der Waals surface area contributed by atoms with Gasteiger partial charge in [0.2, 0.25) is 5.91 Å². The summed E-state index contributed by atoms with van der Waals surface area (Å²) in [6.45, 7) is 0. The minimum absolute atomic E-state index is 0.0115. The van der Waals surface area contributed by atoms with Gasteiger partial charge in [0.25, 0.3) is 0 Å². The van der Waals surface area contributed by atoms with Crippen LogP contribution in [-0.2, 0) is 11.2 Å². The van der Waals surface area contributed by atoms with Crippen LogP contribution in [-0.4, -0.2) is 11.9 Å². The number of hydrogen-bond donors (Lipinski definition) is 2. The number of anilines is 1. The van der Waals surface area contributed by atoms with Gasteiger partial charge in [-0.25, -0.2) is 0 Å². The van der Waals surface area contributed by atoms with Gasteiger partial charge >= 0.3 is 0 Å². The van der Waals surface area contributed by atoms with E-state index < -0.39 is 0 Å². The van der Waals surface area contributed by atoms with Crippen LogP contribution in [0.15, 0.2) is 24.3 Å². The van der Waals surface area contributed by atoms with E-state index in [0.717, 1.165) is 17.7 Å². The van der Waals surface area contributed by atoms with Crippen LogP contribution in [0.25, 0.3) is 0 Å². The fraction of sp³-hybridized carbons (Fsp3) is 0.300. The lowest BCUT2D eigenvalue weighted by Gasteiger charge is -2.05. The van der Waals surface area contributed by atoms with Crippen molar-refractivity contribution in [1.29, 1.82) is 0 Å². The van der Waals surface area contributed by atoms with Gasteiger partial charge in [-0.05, 0) is 18.1 Å². The van der Waals surface area contributed by atoms with Crippen molar-refractivity contribution >= 4 is 11.6 Å². The third-order valence-electron chi connectivity index (χ3n) is 2.22. The first-order valence-electron chi connectivity index (χ1n) is 4.39. The zero-order valence-electron chi connectivity index (χ0n) is 7.29. The standard InChI is InChI=1S/C10H12N2O/c11-8-5-7-3-1-2-4-9(7)12-10(13)6-8/h1-4,8H,5-6,11H2,(H,12,13)/t8-/m0/s1. The maximum Gasteiger partial charge on any atom is 0.225 e. The second-order valence-corrected chi connectivity index (χ2v) is 3.37. The van der Waals surface area contributed by atoms with Crippen molar-refractivity contribution in [3.63, 3.8) is 0 Å². The molecule has 1 amide bonds. The summed E-state index contributed by atoms with van der Waals surface area (Å²) in [6, 6.07) is 7.73. The number of benzene rings is 1. The predicted octanol–water partition coefficient (Wildman–Crippen LogP) is 0.899. The van der Waals surface area contributed by atoms with E-state index in [1.54, 1.807) is 0 Å². The topological polar surface area (TPSA) is 55.1 Å². The third kappa shape index (κ3) is 1.70. The molecule has 0 spiro atoms. The molecule has 1 aliphatic heterocycles. The molecule has 3 heteroatoms. The van der Waals surface area contributed by atoms with E-state index in [0.29, 0.717) is 6.42 Å². The lowest BCUT2D eigenvalue weighted by molar-refractivity contribution is -0.116. The molecule has 1 aromatic carbocycles. The number of amides is 1. The first-order valence-corrected chi connectivity index (χ1v) is 4.39. The summed E-state index contributed by atoms with van der Waals surface area (Å²) in [5.74, 6) is 0.0115. The minimum atomic E-state index is -0.0522. The minimum Gasteiger partial charge on any atom is -0.327 e. The molecular weight excluding hydrogens is 164 g/mol. The number of carbonyl (C=O) groups excluding carboxylic acids is 1. The number of rotatable bonds is 0. The van der Waals surface area contributed by atoms with E-state index in [1.807, 2.05) is 24.3 Å². The van der Waals surface area contributed by atoms with Crippen LogP contribution in [0.3, 0.4) is 0 Å². The largest absolute Gasteiger partial charge is 0.327 e. The van der Waals surface area contributed by atoms with Gasteiger partial charge in [-0.1, -0.05) is 18.2 Å². The zero-order valence-corrected chi connectivity index (χ0v) is 7.29. The van der Waals surface area contributed by atoms with E-state index in [9.17, 15) is 4.79 Å². The predicted molar refractivity (Wildman–Crippen MR) is 51.4 cm³/mol. The van der Waals surface area contributed by atoms with Crippen molar-refractivity contribution < 1.29 is 4.79 Å². The zero-order chi connectivity index (χ0) is 9.26. The van der Waals surface area contributed by atoms with Crippen LogP contribution in [0.5, 0.6) is 0 Å². The maximum absolute atomic E-state index is 11.3. The van der Waals surface area contributed by atoms with Crippen LogP contribution in [0.2, 0.25) is 0 Å². The second-order valence-electron chi connectivity index (χ2n) is 3.37. The SMILES string of the molecule is N[C@@H]1CC(=O)Nc2ccccc2C1. The number of nitrogens with one attached hydrogen (secondary N) is 1. The summed E-state index contributed by atoms with van der Waals surface area (Å²) in [6.07, 6.45) is 1.18. The van der Waals surface area contributed by atoms with Gasteiger partial charge in [-0.2, -0.15) is 0 Å². The highest BCUT2D eigenvalue weighted by Crippen LogP contribution is 2.20. The first-order chi connectivity index (χ1) is 6.25. The summed E-state index contributed by atoms with van der Waals surface area (Å²) >= 11 is 0. The number of para-hydroxylation sites is 1. The molecule has 68 valence electrons. The van der Waals surface area contributed by atoms with Gasteiger partial charge in [0, 0.05) is 18.2 Å². The molecule has 1 aromatic rings. The molecular formula is C10H12N2O. The van der Waals surface area contributed by atoms with Crippen molar-refractivity contribution in [1.82, 2.24) is 0 Å². The Morgan fingerprint density at radius 2 is 2.08 bits per heavy atom. The Hall–Kier alpha value is -1.35. The van der Waals surface area contributed by atoms with Crippen LogP contribution in [0.4, 0.5) is 5.69 Å². The maximum atomic E-state index is 11.3. The highest BCUT2D eigenvalue weighted by molar-refractivity contribution is 5.92. The Labute approximate surface area is 76.9 Å². The van der Waals surface area contributed by atoms with Gasteiger partial charge in [0.05, 0.1) is 0 Å². The first kappa shape index (κ1) is 8.26. The molecule has 0 radical (unpaired) electrons. The molecule has 1 aliphatic rings. The van der Waals surface area contributed by atoms with Gasteiger partial charge in [0.15, 0.2) is 0 Å². The summed E-state index contributed by atoms with van der Waals surface area (Å²) < 4.78 is 0. The van der Waals surface area contributed by atoms with Crippen molar-refractivity contribution in [3.05, 3.63) is 29.8 Å². The molecule has 3 nitrogen and oxygen atoms in total. The molecule has 0 fully saturated rings. The fourth-order valence-electron chi connectivity index (χ4n) is 1.61. The molecule has 0 unspecified atom stereocenters. The van der Waals surface area contributed by atoms with Crippen LogP contribution in [0.1, 0.15) is 12.0 Å². The quantitative estimate of drug-likeness (QED) is 0.617. The van der Waals surface area contributed by atoms with E-state index in [4.69, 9.17) is 5.73 Å². The lowest BCUT2D eigenvalue weighted by Crippen LogP contribution is -2.25. The summed E-state index contributed by atoms with van der Waals surface area (Å²) in [4.78, 5) is 11.3. The van der Waals surface area contributed by atoms with Crippen LogP contribution >= 0.6 is 0 Å². The smallest absolute Gasteiger partial charge is 0.225 e. The third-order valence-corrected chi connectivity index (χ3v) is 2.22. The van der Waals surface area contributed by atoms with Crippen LogP contribution in [0, 0.1) is 0 Å². The molecule has 0 aliphatic carbocycles. The molecule has 1 atom stereocenters. The van der Waals surface area contributed by atoms with Gasteiger partial charge in [0.1, 0.15) is 0 Å². The van der Waals surface area contributed by atoms with E-state index in [1.165, 1.54) is 0 Å². The Morgan fingerprint density at radius 3 is 2.92 bits per heavy atom. The second kappa shape index (κ2) is 3.18. The highest BCUT2D eigenvalue weighted by Gasteiger charge is 2.17. The number of hydrogen-bond acceptors (Lipinski definition) is 2. The average molecular weight is 176 g/mol. The number of carbonyl (C=O) groups is 1. The van der Waals surface area contributed by atoms with Gasteiger partial charge in [-0.15, -0.1) is 0 Å². The fourth-order valence-corrected chi connectivity index (χ4v) is 1.61. The average Bonchev–Trinajstić information content (AvgIpc) is 2.20. The highest BCUT2D eigenvalue weighted by atomic mass is 16.1. The Kier molecular flexibility index (Phi) is 2.02. The molecule has 0 saturated heterocycles. The Morgan fingerprint density at radius 1 is 1.31 bits per heavy atom. The van der Waals surface area contributed by atoms with Crippen molar-refractivity contribution in [2.75, 3.05) is 5.32 Å². The van der Waals surface area contributed by atoms with Crippen LogP contribution < -0.4 is 11.1 Å². The number of nitrogens with two attached hydrogens (primary N) is 1. The Balaban J connectivity index is 2.38. The number of fused-ring (bicyclic) bond motifs is 1. The van der Waals surface area contributed by atoms with Crippen molar-refractivity contribution in [2.24, 2.45) is 5.73 Å². The summed E-state index contributed by atoms with van der Waals surface area (Å²) in [5.41, 5.74) is 7.81. The van der Waals surface area contributed by atoms with Gasteiger partial charge < -0.3 is 11.1 Å². The van der Waals surface area contributed by atoms with E-state index >= 15 is 0 Å². The molecule has 3 N–H and O–H groups in total. The monoisotopic (exact) mass is 176 g/mol. The molecule has 2 rings (SSSR count). The van der Waals surface area contributed by atoms with Gasteiger partial charge in [-0.3, -0.25) is 4.79 Å².